The minimum atomic E-state index is -0.320. The SMILES string of the molecule is O=c1[nH]c(SCc2cccnc2)nc2c(-c3ccc(Cl)cc3)cnn12. The number of thioether (sulfide) groups is 1. The highest BCUT2D eigenvalue weighted by atomic mass is 35.5. The summed E-state index contributed by atoms with van der Waals surface area (Å²) in [6, 6.07) is 11.2. The highest BCUT2D eigenvalue weighted by Gasteiger charge is 2.12. The highest BCUT2D eigenvalue weighted by Crippen LogP contribution is 2.25. The second kappa shape index (κ2) is 6.70. The maximum Gasteiger partial charge on any atom is 0.350 e. The lowest BCUT2D eigenvalue weighted by molar-refractivity contribution is 0.786. The van der Waals surface area contributed by atoms with Crippen LogP contribution >= 0.6 is 23.4 Å². The van der Waals surface area contributed by atoms with Crippen molar-refractivity contribution in [3.8, 4) is 11.1 Å². The third kappa shape index (κ3) is 3.29. The molecule has 0 spiro atoms. The molecule has 0 aliphatic carbocycles. The van der Waals surface area contributed by atoms with Gasteiger partial charge in [0.2, 0.25) is 0 Å². The summed E-state index contributed by atoms with van der Waals surface area (Å²) in [5.41, 5.74) is 2.94. The van der Waals surface area contributed by atoms with Gasteiger partial charge in [0.1, 0.15) is 0 Å². The first-order chi connectivity index (χ1) is 12.2. The number of halogens is 1. The summed E-state index contributed by atoms with van der Waals surface area (Å²) >= 11 is 7.38. The van der Waals surface area contributed by atoms with Gasteiger partial charge in [-0.25, -0.2) is 9.78 Å². The lowest BCUT2D eigenvalue weighted by Gasteiger charge is -2.03. The smallest absolute Gasteiger partial charge is 0.285 e. The van der Waals surface area contributed by atoms with Crippen LogP contribution in [0.15, 0.2) is 64.9 Å². The average molecular weight is 370 g/mol. The molecule has 3 aromatic heterocycles. The second-order valence-electron chi connectivity index (χ2n) is 5.30. The zero-order valence-electron chi connectivity index (χ0n) is 12.9. The second-order valence-corrected chi connectivity index (χ2v) is 6.70. The van der Waals surface area contributed by atoms with E-state index in [1.807, 2.05) is 24.3 Å². The van der Waals surface area contributed by atoms with Crippen molar-refractivity contribution in [2.75, 3.05) is 0 Å². The number of benzene rings is 1. The van der Waals surface area contributed by atoms with Crippen molar-refractivity contribution in [3.05, 3.63) is 76.1 Å². The van der Waals surface area contributed by atoms with E-state index in [0.29, 0.717) is 21.6 Å². The Morgan fingerprint density at radius 1 is 1.16 bits per heavy atom. The van der Waals surface area contributed by atoms with Crippen LogP contribution in [-0.4, -0.2) is 24.6 Å². The molecule has 124 valence electrons. The topological polar surface area (TPSA) is 75.9 Å². The van der Waals surface area contributed by atoms with Gasteiger partial charge in [-0.1, -0.05) is 41.6 Å². The van der Waals surface area contributed by atoms with Crippen LogP contribution in [0.1, 0.15) is 5.56 Å². The fourth-order valence-corrected chi connectivity index (χ4v) is 3.31. The standard InChI is InChI=1S/C17H12ClN5OS/c18-13-5-3-12(4-6-13)14-9-20-23-15(14)21-16(22-17(23)24)25-10-11-2-1-7-19-8-11/h1-9H,10H2,(H,21,22,24). The van der Waals surface area contributed by atoms with Gasteiger partial charge in [-0.3, -0.25) is 9.97 Å². The van der Waals surface area contributed by atoms with Gasteiger partial charge in [-0.2, -0.15) is 9.61 Å². The van der Waals surface area contributed by atoms with Crippen LogP contribution in [0, 0.1) is 0 Å². The molecule has 8 heteroatoms. The van der Waals surface area contributed by atoms with E-state index < -0.39 is 0 Å². The zero-order valence-corrected chi connectivity index (χ0v) is 14.5. The molecule has 1 N–H and O–H groups in total. The Labute approximate surface area is 151 Å². The minimum absolute atomic E-state index is 0.320. The molecule has 4 aromatic rings. The third-order valence-corrected chi connectivity index (χ3v) is 4.81. The molecule has 0 aliphatic heterocycles. The Morgan fingerprint density at radius 3 is 2.76 bits per heavy atom. The molecule has 0 unspecified atom stereocenters. The van der Waals surface area contributed by atoms with Crippen LogP contribution in [0.2, 0.25) is 5.02 Å². The van der Waals surface area contributed by atoms with Crippen LogP contribution in [-0.2, 0) is 5.75 Å². The molecule has 25 heavy (non-hydrogen) atoms. The first-order valence-electron chi connectivity index (χ1n) is 7.46. The Morgan fingerprint density at radius 2 is 2.00 bits per heavy atom. The van der Waals surface area contributed by atoms with Crippen LogP contribution in [0.25, 0.3) is 16.8 Å². The fourth-order valence-electron chi connectivity index (χ4n) is 2.40. The number of nitrogens with one attached hydrogen (secondary N) is 1. The van der Waals surface area contributed by atoms with Crippen molar-refractivity contribution in [1.29, 1.82) is 0 Å². The number of aromatic amines is 1. The molecule has 3 heterocycles. The molecule has 0 saturated carbocycles. The summed E-state index contributed by atoms with van der Waals surface area (Å²) in [5.74, 6) is 0.664. The Kier molecular flexibility index (Phi) is 4.25. The van der Waals surface area contributed by atoms with E-state index in [2.05, 4.69) is 20.1 Å². The van der Waals surface area contributed by atoms with Gasteiger partial charge in [0.05, 0.1) is 6.20 Å². The van der Waals surface area contributed by atoms with Crippen LogP contribution in [0.3, 0.4) is 0 Å². The number of rotatable bonds is 4. The summed E-state index contributed by atoms with van der Waals surface area (Å²) in [6.07, 6.45) is 5.16. The molecule has 0 atom stereocenters. The molecule has 0 fully saturated rings. The number of hydrogen-bond acceptors (Lipinski definition) is 5. The van der Waals surface area contributed by atoms with Crippen molar-refractivity contribution < 1.29 is 0 Å². The van der Waals surface area contributed by atoms with Gasteiger partial charge in [-0.05, 0) is 29.3 Å². The molecule has 4 rings (SSSR count). The normalized spacial score (nSPS) is 11.1. The number of aromatic nitrogens is 5. The fraction of sp³-hybridized carbons (Fsp3) is 0.0588. The quantitative estimate of drug-likeness (QED) is 0.558. The van der Waals surface area contributed by atoms with Gasteiger partial charge >= 0.3 is 5.69 Å². The first-order valence-corrected chi connectivity index (χ1v) is 8.83. The van der Waals surface area contributed by atoms with Crippen molar-refractivity contribution in [1.82, 2.24) is 24.6 Å². The summed E-state index contributed by atoms with van der Waals surface area (Å²) in [7, 11) is 0. The maximum absolute atomic E-state index is 12.3. The van der Waals surface area contributed by atoms with E-state index in [0.717, 1.165) is 16.7 Å². The van der Waals surface area contributed by atoms with E-state index >= 15 is 0 Å². The van der Waals surface area contributed by atoms with E-state index in [-0.39, 0.29) is 5.69 Å². The van der Waals surface area contributed by atoms with Crippen molar-refractivity contribution >= 4 is 29.0 Å². The molecular weight excluding hydrogens is 358 g/mol. The molecule has 6 nitrogen and oxygen atoms in total. The molecule has 0 bridgehead atoms. The maximum atomic E-state index is 12.3. The lowest BCUT2D eigenvalue weighted by atomic mass is 10.1. The first kappa shape index (κ1) is 15.9. The van der Waals surface area contributed by atoms with Crippen molar-refractivity contribution in [2.45, 2.75) is 10.9 Å². The Bertz CT molecular complexity index is 1080. The van der Waals surface area contributed by atoms with E-state index in [4.69, 9.17) is 11.6 Å². The molecule has 0 amide bonds. The Balaban J connectivity index is 1.71. The van der Waals surface area contributed by atoms with Gasteiger partial charge in [-0.15, -0.1) is 0 Å². The Hall–Kier alpha value is -2.64. The highest BCUT2D eigenvalue weighted by molar-refractivity contribution is 7.98. The van der Waals surface area contributed by atoms with Crippen molar-refractivity contribution in [3.63, 3.8) is 0 Å². The summed E-state index contributed by atoms with van der Waals surface area (Å²) < 4.78 is 1.26. The molecule has 1 aromatic carbocycles. The van der Waals surface area contributed by atoms with E-state index in [1.54, 1.807) is 30.7 Å². The average Bonchev–Trinajstić information content (AvgIpc) is 3.06. The number of nitrogens with zero attached hydrogens (tertiary/aromatic N) is 4. The largest absolute Gasteiger partial charge is 0.350 e. The number of H-pyrrole nitrogens is 1. The van der Waals surface area contributed by atoms with Crippen LogP contribution < -0.4 is 5.69 Å². The van der Waals surface area contributed by atoms with E-state index in [9.17, 15) is 4.79 Å². The predicted octanol–water partition coefficient (Wildman–Crippen LogP) is 3.43. The number of fused-ring (bicyclic) bond motifs is 1. The zero-order chi connectivity index (χ0) is 17.2. The summed E-state index contributed by atoms with van der Waals surface area (Å²) in [4.78, 5) is 23.7. The van der Waals surface area contributed by atoms with E-state index in [1.165, 1.54) is 16.3 Å². The lowest BCUT2D eigenvalue weighted by Crippen LogP contribution is -2.19. The molecule has 0 radical (unpaired) electrons. The van der Waals surface area contributed by atoms with Gasteiger partial charge in [0.25, 0.3) is 0 Å². The van der Waals surface area contributed by atoms with Crippen LogP contribution in [0.4, 0.5) is 0 Å². The molecule has 0 aliphatic rings. The minimum Gasteiger partial charge on any atom is -0.285 e. The number of hydrogen-bond donors (Lipinski definition) is 1. The van der Waals surface area contributed by atoms with Gasteiger partial charge in [0, 0.05) is 28.7 Å². The predicted molar refractivity (Wildman–Crippen MR) is 97.9 cm³/mol. The van der Waals surface area contributed by atoms with Gasteiger partial charge in [0.15, 0.2) is 10.8 Å². The monoisotopic (exact) mass is 369 g/mol. The molecular formula is C17H12ClN5OS. The summed E-state index contributed by atoms with van der Waals surface area (Å²) in [6.45, 7) is 0. The third-order valence-electron chi connectivity index (χ3n) is 3.61. The van der Waals surface area contributed by atoms with Crippen molar-refractivity contribution in [2.24, 2.45) is 0 Å². The van der Waals surface area contributed by atoms with Crippen LogP contribution in [0.5, 0.6) is 0 Å². The van der Waals surface area contributed by atoms with Gasteiger partial charge < -0.3 is 0 Å². The molecule has 0 saturated heterocycles. The summed E-state index contributed by atoms with van der Waals surface area (Å²) in [5, 5.41) is 5.33. The number of pyridine rings is 1.